The molecule has 1 N–H and O–H groups in total. The molecule has 1 aromatic rings. The predicted octanol–water partition coefficient (Wildman–Crippen LogP) is 1.08. The van der Waals surface area contributed by atoms with Gasteiger partial charge in [0.25, 0.3) is 0 Å². The van der Waals surface area contributed by atoms with Crippen LogP contribution in [0, 0.1) is 5.82 Å². The maximum absolute atomic E-state index is 12.6. The van der Waals surface area contributed by atoms with Crippen LogP contribution < -0.4 is 5.32 Å². The van der Waals surface area contributed by atoms with E-state index in [1.165, 1.54) is 31.4 Å². The monoisotopic (exact) mass is 267 g/mol. The largest absolute Gasteiger partial charge is 0.469 e. The summed E-state index contributed by atoms with van der Waals surface area (Å²) in [5.41, 5.74) is 0.315. The second kappa shape index (κ2) is 7.25. The van der Waals surface area contributed by atoms with Crippen molar-refractivity contribution in [3.63, 3.8) is 0 Å². The number of Topliss-reactive ketones (excluding diaryl/α,β-unsaturated/α-hetero) is 1. The van der Waals surface area contributed by atoms with E-state index in [4.69, 9.17) is 0 Å². The van der Waals surface area contributed by atoms with E-state index in [0.29, 0.717) is 5.56 Å². The summed E-state index contributed by atoms with van der Waals surface area (Å²) in [7, 11) is 1.23. The first kappa shape index (κ1) is 14.8. The first-order chi connectivity index (χ1) is 9.02. The number of hydrogen-bond donors (Lipinski definition) is 1. The maximum Gasteiger partial charge on any atom is 0.306 e. The van der Waals surface area contributed by atoms with E-state index in [1.54, 1.807) is 0 Å². The highest BCUT2D eigenvalue weighted by Crippen LogP contribution is 2.03. The fourth-order valence-electron chi connectivity index (χ4n) is 1.32. The Morgan fingerprint density at radius 2 is 1.79 bits per heavy atom. The average molecular weight is 267 g/mol. The van der Waals surface area contributed by atoms with Crippen molar-refractivity contribution >= 4 is 17.7 Å². The molecule has 1 amide bonds. The van der Waals surface area contributed by atoms with Crippen LogP contribution in [-0.2, 0) is 14.3 Å². The Morgan fingerprint density at radius 1 is 1.16 bits per heavy atom. The predicted molar refractivity (Wildman–Crippen MR) is 65.0 cm³/mol. The van der Waals surface area contributed by atoms with E-state index < -0.39 is 17.7 Å². The summed E-state index contributed by atoms with van der Waals surface area (Å²) < 4.78 is 17.0. The summed E-state index contributed by atoms with van der Waals surface area (Å²) >= 11 is 0. The van der Waals surface area contributed by atoms with E-state index >= 15 is 0 Å². The second-order valence-electron chi connectivity index (χ2n) is 3.78. The third-order valence-electron chi connectivity index (χ3n) is 2.40. The minimum Gasteiger partial charge on any atom is -0.469 e. The van der Waals surface area contributed by atoms with Crippen LogP contribution >= 0.6 is 0 Å². The molecule has 0 saturated carbocycles. The van der Waals surface area contributed by atoms with Crippen LogP contribution in [0.2, 0.25) is 0 Å². The molecule has 1 rings (SSSR count). The number of benzene rings is 1. The zero-order valence-corrected chi connectivity index (χ0v) is 10.4. The highest BCUT2D eigenvalue weighted by molar-refractivity contribution is 5.99. The fourth-order valence-corrected chi connectivity index (χ4v) is 1.32. The standard InChI is InChI=1S/C13H14FNO4/c1-19-13(18)7-6-12(17)15-8-11(16)9-2-4-10(14)5-3-9/h2-5H,6-8H2,1H3,(H,15,17). The number of carbonyl (C=O) groups is 3. The zero-order chi connectivity index (χ0) is 14.3. The molecule has 19 heavy (non-hydrogen) atoms. The van der Waals surface area contributed by atoms with Gasteiger partial charge in [0.15, 0.2) is 5.78 Å². The van der Waals surface area contributed by atoms with Crippen molar-refractivity contribution in [2.24, 2.45) is 0 Å². The van der Waals surface area contributed by atoms with E-state index in [2.05, 4.69) is 10.1 Å². The molecule has 1 aromatic carbocycles. The summed E-state index contributed by atoms with van der Waals surface area (Å²) in [4.78, 5) is 33.8. The Bertz CT molecular complexity index is 470. The van der Waals surface area contributed by atoms with E-state index in [-0.39, 0.29) is 25.2 Å². The molecule has 0 atom stereocenters. The van der Waals surface area contributed by atoms with Crippen LogP contribution in [0.4, 0.5) is 4.39 Å². The van der Waals surface area contributed by atoms with E-state index in [1.807, 2.05) is 0 Å². The number of hydrogen-bond acceptors (Lipinski definition) is 4. The topological polar surface area (TPSA) is 72.5 Å². The number of ether oxygens (including phenoxy) is 1. The van der Waals surface area contributed by atoms with Crippen molar-refractivity contribution in [2.75, 3.05) is 13.7 Å². The first-order valence-electron chi connectivity index (χ1n) is 5.65. The SMILES string of the molecule is COC(=O)CCC(=O)NCC(=O)c1ccc(F)cc1. The van der Waals surface area contributed by atoms with Crippen molar-refractivity contribution < 1.29 is 23.5 Å². The third kappa shape index (κ3) is 5.29. The van der Waals surface area contributed by atoms with Gasteiger partial charge in [-0.2, -0.15) is 0 Å². The lowest BCUT2D eigenvalue weighted by Crippen LogP contribution is -2.29. The minimum atomic E-state index is -0.486. The Hall–Kier alpha value is -2.24. The molecule has 0 saturated heterocycles. The zero-order valence-electron chi connectivity index (χ0n) is 10.4. The van der Waals surface area contributed by atoms with Crippen LogP contribution in [0.5, 0.6) is 0 Å². The van der Waals surface area contributed by atoms with Crippen LogP contribution in [0.3, 0.4) is 0 Å². The normalized spacial score (nSPS) is 9.79. The molecule has 0 unspecified atom stereocenters. The molecular weight excluding hydrogens is 253 g/mol. The fraction of sp³-hybridized carbons (Fsp3) is 0.308. The highest BCUT2D eigenvalue weighted by atomic mass is 19.1. The van der Waals surface area contributed by atoms with Crippen LogP contribution in [0.25, 0.3) is 0 Å². The van der Waals surface area contributed by atoms with Gasteiger partial charge in [0.2, 0.25) is 5.91 Å². The summed E-state index contributed by atoms with van der Waals surface area (Å²) in [5.74, 6) is -1.66. The molecule has 0 heterocycles. The molecule has 0 spiro atoms. The Labute approximate surface area is 109 Å². The highest BCUT2D eigenvalue weighted by Gasteiger charge is 2.10. The number of halogens is 1. The molecular formula is C13H14FNO4. The molecule has 0 aliphatic heterocycles. The number of amides is 1. The van der Waals surface area contributed by atoms with E-state index in [0.717, 1.165) is 0 Å². The summed E-state index contributed by atoms with van der Waals surface area (Å²) in [6.45, 7) is -0.189. The molecule has 0 aliphatic rings. The lowest BCUT2D eigenvalue weighted by atomic mass is 10.1. The third-order valence-corrected chi connectivity index (χ3v) is 2.40. The van der Waals surface area contributed by atoms with Crippen molar-refractivity contribution in [1.82, 2.24) is 5.32 Å². The number of rotatable bonds is 6. The molecule has 0 radical (unpaired) electrons. The number of methoxy groups -OCH3 is 1. The van der Waals surface area contributed by atoms with Crippen LogP contribution in [0.1, 0.15) is 23.2 Å². The van der Waals surface area contributed by atoms with Crippen molar-refractivity contribution in [3.05, 3.63) is 35.6 Å². The number of nitrogens with one attached hydrogen (secondary N) is 1. The van der Waals surface area contributed by atoms with Gasteiger partial charge in [-0.3, -0.25) is 14.4 Å². The van der Waals surface area contributed by atoms with Gasteiger partial charge >= 0.3 is 5.97 Å². The van der Waals surface area contributed by atoms with Gasteiger partial charge in [-0.1, -0.05) is 0 Å². The molecule has 5 nitrogen and oxygen atoms in total. The minimum absolute atomic E-state index is 0.0347. The molecule has 6 heteroatoms. The Kier molecular flexibility index (Phi) is 5.66. The maximum atomic E-state index is 12.6. The van der Waals surface area contributed by atoms with Crippen molar-refractivity contribution in [1.29, 1.82) is 0 Å². The molecule has 0 aliphatic carbocycles. The smallest absolute Gasteiger partial charge is 0.306 e. The second-order valence-corrected chi connectivity index (χ2v) is 3.78. The Morgan fingerprint density at radius 3 is 2.37 bits per heavy atom. The lowest BCUT2D eigenvalue weighted by Gasteiger charge is -2.04. The van der Waals surface area contributed by atoms with Gasteiger partial charge in [0.1, 0.15) is 5.82 Å². The van der Waals surface area contributed by atoms with Crippen LogP contribution in [-0.4, -0.2) is 31.3 Å². The van der Waals surface area contributed by atoms with Gasteiger partial charge in [-0.15, -0.1) is 0 Å². The molecule has 102 valence electrons. The first-order valence-corrected chi connectivity index (χ1v) is 5.65. The van der Waals surface area contributed by atoms with Gasteiger partial charge in [0, 0.05) is 12.0 Å². The number of carbonyl (C=O) groups excluding carboxylic acids is 3. The molecule has 0 fully saturated rings. The van der Waals surface area contributed by atoms with Crippen LogP contribution in [0.15, 0.2) is 24.3 Å². The number of ketones is 1. The lowest BCUT2D eigenvalue weighted by molar-refractivity contribution is -0.142. The summed E-state index contributed by atoms with van der Waals surface area (Å²) in [6, 6.07) is 5.04. The average Bonchev–Trinajstić information content (AvgIpc) is 2.42. The van der Waals surface area contributed by atoms with Crippen molar-refractivity contribution in [2.45, 2.75) is 12.8 Å². The molecule has 0 bridgehead atoms. The van der Waals surface area contributed by atoms with Gasteiger partial charge < -0.3 is 10.1 Å². The van der Waals surface area contributed by atoms with Gasteiger partial charge in [-0.05, 0) is 24.3 Å². The number of esters is 1. The van der Waals surface area contributed by atoms with Gasteiger partial charge in [-0.25, -0.2) is 4.39 Å². The van der Waals surface area contributed by atoms with Gasteiger partial charge in [0.05, 0.1) is 20.1 Å². The quantitative estimate of drug-likeness (QED) is 0.618. The summed E-state index contributed by atoms with van der Waals surface area (Å²) in [6.07, 6.45) is -0.0730. The Balaban J connectivity index is 2.36. The van der Waals surface area contributed by atoms with Crippen molar-refractivity contribution in [3.8, 4) is 0 Å². The van der Waals surface area contributed by atoms with E-state index in [9.17, 15) is 18.8 Å². The summed E-state index contributed by atoms with van der Waals surface area (Å²) in [5, 5.41) is 2.38. The molecule has 0 aromatic heterocycles.